The average molecular weight is 326 g/mol. The second kappa shape index (κ2) is 5.92. The summed E-state index contributed by atoms with van der Waals surface area (Å²) in [5, 5.41) is 11.4. The van der Waals surface area contributed by atoms with Crippen molar-refractivity contribution in [3.63, 3.8) is 0 Å². The third kappa shape index (κ3) is 3.05. The van der Waals surface area contributed by atoms with Gasteiger partial charge in [-0.25, -0.2) is 9.97 Å². The Labute approximate surface area is 116 Å². The molecule has 5 nitrogen and oxygen atoms in total. The minimum Gasteiger partial charge on any atom is -0.258 e. The second-order valence-corrected chi connectivity index (χ2v) is 5.06. The SMILES string of the molecule is O=[N+]([O-])c1cccc(CSc2ncccn2)c1Br. The molecule has 0 atom stereocenters. The summed E-state index contributed by atoms with van der Waals surface area (Å²) < 4.78 is 0.512. The van der Waals surface area contributed by atoms with Crippen LogP contribution in [0.1, 0.15) is 5.56 Å². The van der Waals surface area contributed by atoms with E-state index >= 15 is 0 Å². The first-order chi connectivity index (χ1) is 8.68. The van der Waals surface area contributed by atoms with Crippen LogP contribution in [0, 0.1) is 10.1 Å². The zero-order valence-electron chi connectivity index (χ0n) is 9.12. The number of rotatable bonds is 4. The summed E-state index contributed by atoms with van der Waals surface area (Å²) in [5.74, 6) is 0.576. The van der Waals surface area contributed by atoms with Gasteiger partial charge in [-0.2, -0.15) is 0 Å². The third-order valence-corrected chi connectivity index (χ3v) is 3.99. The van der Waals surface area contributed by atoms with Gasteiger partial charge in [-0.15, -0.1) is 0 Å². The lowest BCUT2D eigenvalue weighted by Crippen LogP contribution is -1.93. The number of thioether (sulfide) groups is 1. The molecule has 1 aromatic heterocycles. The normalized spacial score (nSPS) is 10.3. The van der Waals surface area contributed by atoms with Crippen LogP contribution in [-0.4, -0.2) is 14.9 Å². The zero-order valence-corrected chi connectivity index (χ0v) is 11.5. The molecule has 0 radical (unpaired) electrons. The molecule has 0 bridgehead atoms. The zero-order chi connectivity index (χ0) is 13.0. The van der Waals surface area contributed by atoms with Crippen LogP contribution in [0.3, 0.4) is 0 Å². The molecule has 0 N–H and O–H groups in total. The lowest BCUT2D eigenvalue weighted by atomic mass is 10.2. The summed E-state index contributed by atoms with van der Waals surface area (Å²) in [6.45, 7) is 0. The van der Waals surface area contributed by atoms with Gasteiger partial charge in [0.05, 0.1) is 9.40 Å². The molecule has 0 aliphatic carbocycles. The van der Waals surface area contributed by atoms with Gasteiger partial charge in [0.1, 0.15) is 0 Å². The molecule has 92 valence electrons. The maximum absolute atomic E-state index is 10.8. The first-order valence-corrected chi connectivity index (χ1v) is 6.78. The summed E-state index contributed by atoms with van der Waals surface area (Å²) in [4.78, 5) is 18.6. The van der Waals surface area contributed by atoms with Crippen molar-refractivity contribution in [2.45, 2.75) is 10.9 Å². The minimum atomic E-state index is -0.405. The van der Waals surface area contributed by atoms with Crippen LogP contribution in [-0.2, 0) is 5.75 Å². The van der Waals surface area contributed by atoms with Crippen LogP contribution < -0.4 is 0 Å². The van der Waals surface area contributed by atoms with E-state index in [0.29, 0.717) is 15.4 Å². The number of hydrogen-bond donors (Lipinski definition) is 0. The van der Waals surface area contributed by atoms with Crippen molar-refractivity contribution in [2.24, 2.45) is 0 Å². The minimum absolute atomic E-state index is 0.0714. The Bertz CT molecular complexity index is 565. The number of aromatic nitrogens is 2. The molecule has 18 heavy (non-hydrogen) atoms. The Hall–Kier alpha value is -1.47. The largest absolute Gasteiger partial charge is 0.283 e. The van der Waals surface area contributed by atoms with Crippen molar-refractivity contribution in [3.05, 3.63) is 56.8 Å². The van der Waals surface area contributed by atoms with Crippen molar-refractivity contribution in [2.75, 3.05) is 0 Å². The summed E-state index contributed by atoms with van der Waals surface area (Å²) in [5.41, 5.74) is 0.920. The van der Waals surface area contributed by atoms with Gasteiger partial charge in [-0.05, 0) is 27.6 Å². The molecule has 0 fully saturated rings. The fourth-order valence-corrected chi connectivity index (χ4v) is 2.85. The number of nitro groups is 1. The second-order valence-electron chi connectivity index (χ2n) is 3.33. The molecule has 1 heterocycles. The summed E-state index contributed by atoms with van der Waals surface area (Å²) in [6, 6.07) is 6.72. The highest BCUT2D eigenvalue weighted by molar-refractivity contribution is 9.10. The molecular formula is C11H8BrN3O2S. The van der Waals surface area contributed by atoms with E-state index in [9.17, 15) is 10.1 Å². The van der Waals surface area contributed by atoms with E-state index in [0.717, 1.165) is 5.56 Å². The quantitative estimate of drug-likeness (QED) is 0.373. The Morgan fingerprint density at radius 2 is 2.00 bits per heavy atom. The molecule has 2 aromatic rings. The Kier molecular flexibility index (Phi) is 4.27. The lowest BCUT2D eigenvalue weighted by Gasteiger charge is -2.03. The fraction of sp³-hybridized carbons (Fsp3) is 0.0909. The molecule has 0 aliphatic rings. The Balaban J connectivity index is 2.15. The Morgan fingerprint density at radius 3 is 2.67 bits per heavy atom. The average Bonchev–Trinajstić information content (AvgIpc) is 2.38. The molecule has 2 rings (SSSR count). The maximum atomic E-state index is 10.8. The summed E-state index contributed by atoms with van der Waals surface area (Å²) in [7, 11) is 0. The highest BCUT2D eigenvalue weighted by Gasteiger charge is 2.14. The predicted molar refractivity (Wildman–Crippen MR) is 72.4 cm³/mol. The molecular weight excluding hydrogens is 318 g/mol. The molecule has 0 amide bonds. The van der Waals surface area contributed by atoms with Crippen molar-refractivity contribution in [3.8, 4) is 0 Å². The van der Waals surface area contributed by atoms with E-state index in [4.69, 9.17) is 0 Å². The first-order valence-electron chi connectivity index (χ1n) is 5.00. The van der Waals surface area contributed by atoms with E-state index in [-0.39, 0.29) is 5.69 Å². The van der Waals surface area contributed by atoms with E-state index in [1.807, 2.05) is 6.07 Å². The summed E-state index contributed by atoms with van der Waals surface area (Å²) in [6.07, 6.45) is 3.33. The van der Waals surface area contributed by atoms with E-state index in [1.54, 1.807) is 24.5 Å². The highest BCUT2D eigenvalue weighted by atomic mass is 79.9. The lowest BCUT2D eigenvalue weighted by molar-refractivity contribution is -0.385. The van der Waals surface area contributed by atoms with Crippen LogP contribution in [0.4, 0.5) is 5.69 Å². The monoisotopic (exact) mass is 325 g/mol. The van der Waals surface area contributed by atoms with E-state index in [1.165, 1.54) is 17.8 Å². The number of nitrogens with zero attached hydrogens (tertiary/aromatic N) is 3. The third-order valence-electron chi connectivity index (χ3n) is 2.15. The topological polar surface area (TPSA) is 68.9 Å². The van der Waals surface area contributed by atoms with Gasteiger partial charge in [0.2, 0.25) is 0 Å². The molecule has 7 heteroatoms. The number of benzene rings is 1. The van der Waals surface area contributed by atoms with Crippen LogP contribution in [0.25, 0.3) is 0 Å². The van der Waals surface area contributed by atoms with Gasteiger partial charge in [-0.3, -0.25) is 10.1 Å². The number of halogens is 1. The standard InChI is InChI=1S/C11H8BrN3O2S/c12-10-8(3-1-4-9(10)15(16)17)7-18-11-13-5-2-6-14-11/h1-6H,7H2. The van der Waals surface area contributed by atoms with Crippen LogP contribution in [0.5, 0.6) is 0 Å². The van der Waals surface area contributed by atoms with Gasteiger partial charge >= 0.3 is 0 Å². The maximum Gasteiger partial charge on any atom is 0.283 e. The van der Waals surface area contributed by atoms with Crippen molar-refractivity contribution >= 4 is 33.4 Å². The smallest absolute Gasteiger partial charge is 0.258 e. The molecule has 1 aromatic carbocycles. The number of nitro benzene ring substituents is 1. The molecule has 0 spiro atoms. The van der Waals surface area contributed by atoms with Crippen molar-refractivity contribution < 1.29 is 4.92 Å². The van der Waals surface area contributed by atoms with Crippen LogP contribution in [0.15, 0.2) is 46.3 Å². The highest BCUT2D eigenvalue weighted by Crippen LogP contribution is 2.31. The Morgan fingerprint density at radius 1 is 1.28 bits per heavy atom. The van der Waals surface area contributed by atoms with E-state index in [2.05, 4.69) is 25.9 Å². The number of hydrogen-bond acceptors (Lipinski definition) is 5. The van der Waals surface area contributed by atoms with Crippen LogP contribution in [0.2, 0.25) is 0 Å². The van der Waals surface area contributed by atoms with Gasteiger partial charge in [0, 0.05) is 24.2 Å². The van der Waals surface area contributed by atoms with Crippen LogP contribution >= 0.6 is 27.7 Å². The van der Waals surface area contributed by atoms with Gasteiger partial charge in [0.25, 0.3) is 5.69 Å². The molecule has 0 saturated carbocycles. The van der Waals surface area contributed by atoms with Gasteiger partial charge in [-0.1, -0.05) is 23.9 Å². The fourth-order valence-electron chi connectivity index (χ4n) is 1.32. The molecule has 0 aliphatic heterocycles. The van der Waals surface area contributed by atoms with E-state index < -0.39 is 4.92 Å². The first kappa shape index (κ1) is 13.0. The summed E-state index contributed by atoms with van der Waals surface area (Å²) >= 11 is 4.69. The van der Waals surface area contributed by atoms with Crippen molar-refractivity contribution in [1.29, 1.82) is 0 Å². The molecule has 0 saturated heterocycles. The molecule has 0 unspecified atom stereocenters. The predicted octanol–water partition coefficient (Wildman–Crippen LogP) is 3.44. The van der Waals surface area contributed by atoms with Gasteiger partial charge < -0.3 is 0 Å². The van der Waals surface area contributed by atoms with Crippen molar-refractivity contribution in [1.82, 2.24) is 9.97 Å². The van der Waals surface area contributed by atoms with Gasteiger partial charge in [0.15, 0.2) is 5.16 Å².